The van der Waals surface area contributed by atoms with Gasteiger partial charge in [-0.15, -0.1) is 0 Å². The summed E-state index contributed by atoms with van der Waals surface area (Å²) in [5.41, 5.74) is 5.51. The number of hydrogen-bond donors (Lipinski definition) is 1. The van der Waals surface area contributed by atoms with Crippen LogP contribution < -0.4 is 5.73 Å². The van der Waals surface area contributed by atoms with Crippen LogP contribution in [-0.4, -0.2) is 49.8 Å². The van der Waals surface area contributed by atoms with Crippen LogP contribution in [0.25, 0.3) is 0 Å². The molecule has 1 saturated heterocycles. The summed E-state index contributed by atoms with van der Waals surface area (Å²) in [4.78, 5) is 0.0456. The van der Waals surface area contributed by atoms with E-state index < -0.39 is 15.3 Å². The standard InChI is InChI=1S/C11H22N2O3S2/c1-3-10(11(12)17)18(14,15)13(2)7-9-5-4-6-16-8-9/h9-10H,3-8H2,1-2H3,(H2,12,17). The van der Waals surface area contributed by atoms with Crippen LogP contribution in [0.4, 0.5) is 0 Å². The molecule has 0 amide bonds. The summed E-state index contributed by atoms with van der Waals surface area (Å²) in [5.74, 6) is 0.266. The van der Waals surface area contributed by atoms with Gasteiger partial charge in [-0.05, 0) is 25.2 Å². The number of nitrogens with zero attached hydrogens (tertiary/aromatic N) is 1. The zero-order valence-electron chi connectivity index (χ0n) is 11.0. The molecule has 2 N–H and O–H groups in total. The predicted molar refractivity (Wildman–Crippen MR) is 76.0 cm³/mol. The first-order chi connectivity index (χ1) is 8.39. The van der Waals surface area contributed by atoms with Gasteiger partial charge < -0.3 is 10.5 Å². The van der Waals surface area contributed by atoms with Gasteiger partial charge in [-0.25, -0.2) is 12.7 Å². The maximum atomic E-state index is 12.3. The number of sulfonamides is 1. The molecule has 1 heterocycles. The molecule has 2 unspecified atom stereocenters. The molecule has 1 aliphatic rings. The van der Waals surface area contributed by atoms with Crippen LogP contribution >= 0.6 is 12.2 Å². The average molecular weight is 294 g/mol. The predicted octanol–water partition coefficient (Wildman–Crippen LogP) is 0.739. The zero-order valence-corrected chi connectivity index (χ0v) is 12.6. The van der Waals surface area contributed by atoms with Gasteiger partial charge in [0.25, 0.3) is 0 Å². The monoisotopic (exact) mass is 294 g/mol. The van der Waals surface area contributed by atoms with E-state index in [1.165, 1.54) is 4.31 Å². The Morgan fingerprint density at radius 2 is 2.28 bits per heavy atom. The highest BCUT2D eigenvalue weighted by molar-refractivity contribution is 7.92. The first-order valence-corrected chi connectivity index (χ1v) is 8.13. The molecular formula is C11H22N2O3S2. The zero-order chi connectivity index (χ0) is 13.8. The van der Waals surface area contributed by atoms with Crippen molar-refractivity contribution in [2.75, 3.05) is 26.8 Å². The minimum Gasteiger partial charge on any atom is -0.392 e. The lowest BCUT2D eigenvalue weighted by molar-refractivity contribution is 0.0495. The first-order valence-electron chi connectivity index (χ1n) is 6.21. The molecule has 0 radical (unpaired) electrons. The number of rotatable bonds is 6. The Kier molecular flexibility index (Phi) is 5.97. The van der Waals surface area contributed by atoms with Crippen LogP contribution in [0.2, 0.25) is 0 Å². The maximum absolute atomic E-state index is 12.3. The van der Waals surface area contributed by atoms with Gasteiger partial charge in [0, 0.05) is 20.2 Å². The molecule has 0 aromatic carbocycles. The fourth-order valence-corrected chi connectivity index (χ4v) is 4.29. The van der Waals surface area contributed by atoms with Crippen LogP contribution in [-0.2, 0) is 14.8 Å². The largest absolute Gasteiger partial charge is 0.392 e. The molecular weight excluding hydrogens is 272 g/mol. The third-order valence-electron chi connectivity index (χ3n) is 3.25. The van der Waals surface area contributed by atoms with Crippen molar-refractivity contribution in [1.82, 2.24) is 4.31 Å². The normalized spacial score (nSPS) is 22.9. The van der Waals surface area contributed by atoms with Gasteiger partial charge in [0.05, 0.1) is 11.6 Å². The second kappa shape index (κ2) is 6.79. The van der Waals surface area contributed by atoms with Crippen LogP contribution in [0.15, 0.2) is 0 Å². The Bertz CT molecular complexity index is 378. The van der Waals surface area contributed by atoms with Crippen molar-refractivity contribution < 1.29 is 13.2 Å². The Morgan fingerprint density at radius 1 is 1.61 bits per heavy atom. The topological polar surface area (TPSA) is 72.6 Å². The Labute approximate surface area is 115 Å². The van der Waals surface area contributed by atoms with Crippen LogP contribution in [0.3, 0.4) is 0 Å². The molecule has 1 fully saturated rings. The fourth-order valence-electron chi connectivity index (χ4n) is 2.19. The van der Waals surface area contributed by atoms with E-state index in [9.17, 15) is 8.42 Å². The second-order valence-corrected chi connectivity index (χ2v) is 7.40. The molecule has 7 heteroatoms. The van der Waals surface area contributed by atoms with Crippen molar-refractivity contribution in [3.63, 3.8) is 0 Å². The van der Waals surface area contributed by atoms with Crippen LogP contribution in [0.5, 0.6) is 0 Å². The van der Waals surface area contributed by atoms with Gasteiger partial charge in [-0.1, -0.05) is 19.1 Å². The van der Waals surface area contributed by atoms with E-state index in [4.69, 9.17) is 22.7 Å². The van der Waals surface area contributed by atoms with Crippen molar-refractivity contribution in [3.05, 3.63) is 0 Å². The van der Waals surface area contributed by atoms with Crippen molar-refractivity contribution in [2.45, 2.75) is 31.4 Å². The molecule has 0 bridgehead atoms. The summed E-state index contributed by atoms with van der Waals surface area (Å²) in [6, 6.07) is 0. The summed E-state index contributed by atoms with van der Waals surface area (Å²) in [6.07, 6.45) is 2.40. The molecule has 18 heavy (non-hydrogen) atoms. The Morgan fingerprint density at radius 3 is 2.72 bits per heavy atom. The van der Waals surface area contributed by atoms with E-state index in [0.717, 1.165) is 19.4 Å². The lowest BCUT2D eigenvalue weighted by atomic mass is 10.0. The Hall–Kier alpha value is -0.240. The smallest absolute Gasteiger partial charge is 0.223 e. The quantitative estimate of drug-likeness (QED) is 0.732. The first kappa shape index (κ1) is 15.8. The van der Waals surface area contributed by atoms with E-state index in [2.05, 4.69) is 0 Å². The summed E-state index contributed by atoms with van der Waals surface area (Å²) in [7, 11) is -1.85. The summed E-state index contributed by atoms with van der Waals surface area (Å²) < 4.78 is 31.3. The number of hydrogen-bond acceptors (Lipinski definition) is 4. The molecule has 0 aromatic heterocycles. The molecule has 0 saturated carbocycles. The third-order valence-corrected chi connectivity index (χ3v) is 6.01. The number of nitrogens with two attached hydrogens (primary N) is 1. The number of ether oxygens (including phenoxy) is 1. The van der Waals surface area contributed by atoms with E-state index in [1.54, 1.807) is 14.0 Å². The molecule has 0 aliphatic carbocycles. The second-order valence-electron chi connectivity index (χ2n) is 4.71. The van der Waals surface area contributed by atoms with Crippen molar-refractivity contribution in [1.29, 1.82) is 0 Å². The van der Waals surface area contributed by atoms with E-state index >= 15 is 0 Å². The van der Waals surface area contributed by atoms with Gasteiger partial charge in [0.15, 0.2) is 0 Å². The highest BCUT2D eigenvalue weighted by Crippen LogP contribution is 2.18. The molecule has 1 rings (SSSR count). The van der Waals surface area contributed by atoms with E-state index in [1.807, 2.05) is 0 Å². The SMILES string of the molecule is CCC(C(N)=S)S(=O)(=O)N(C)CC1CCCOC1. The lowest BCUT2D eigenvalue weighted by Gasteiger charge is -2.28. The van der Waals surface area contributed by atoms with Gasteiger partial charge in [-0.2, -0.15) is 0 Å². The van der Waals surface area contributed by atoms with Gasteiger partial charge in [0.1, 0.15) is 5.25 Å². The van der Waals surface area contributed by atoms with Crippen molar-refractivity contribution in [3.8, 4) is 0 Å². The molecule has 106 valence electrons. The third kappa shape index (κ3) is 3.88. The molecule has 0 spiro atoms. The van der Waals surface area contributed by atoms with Crippen molar-refractivity contribution in [2.24, 2.45) is 11.7 Å². The minimum atomic E-state index is -3.44. The summed E-state index contributed by atoms with van der Waals surface area (Å²) >= 11 is 4.84. The van der Waals surface area contributed by atoms with Crippen LogP contribution in [0.1, 0.15) is 26.2 Å². The highest BCUT2D eigenvalue weighted by atomic mass is 32.2. The van der Waals surface area contributed by atoms with E-state index in [-0.39, 0.29) is 10.9 Å². The minimum absolute atomic E-state index is 0.0456. The van der Waals surface area contributed by atoms with E-state index in [0.29, 0.717) is 19.6 Å². The van der Waals surface area contributed by atoms with Crippen molar-refractivity contribution >= 4 is 27.2 Å². The summed E-state index contributed by atoms with van der Waals surface area (Å²) in [5, 5.41) is -0.762. The Balaban J connectivity index is 2.68. The summed E-state index contributed by atoms with van der Waals surface area (Å²) in [6.45, 7) is 3.65. The average Bonchev–Trinajstić information content (AvgIpc) is 2.30. The molecule has 0 aromatic rings. The highest BCUT2D eigenvalue weighted by Gasteiger charge is 2.32. The molecule has 2 atom stereocenters. The molecule has 5 nitrogen and oxygen atoms in total. The van der Waals surface area contributed by atoms with Gasteiger partial charge >= 0.3 is 0 Å². The number of thiocarbonyl (C=S) groups is 1. The van der Waals surface area contributed by atoms with Gasteiger partial charge in [0.2, 0.25) is 10.0 Å². The van der Waals surface area contributed by atoms with Crippen LogP contribution in [0, 0.1) is 5.92 Å². The lowest BCUT2D eigenvalue weighted by Crippen LogP contribution is -2.45. The molecule has 1 aliphatic heterocycles. The fraction of sp³-hybridized carbons (Fsp3) is 0.909. The van der Waals surface area contributed by atoms with Gasteiger partial charge in [-0.3, -0.25) is 0 Å². The maximum Gasteiger partial charge on any atom is 0.223 e.